The molecule has 0 aromatic heterocycles. The number of benzene rings is 1. The van der Waals surface area contributed by atoms with Crippen LogP contribution in [0.3, 0.4) is 0 Å². The Labute approximate surface area is 320 Å². The Balaban J connectivity index is 1.59. The summed E-state index contributed by atoms with van der Waals surface area (Å²) >= 11 is 0. The summed E-state index contributed by atoms with van der Waals surface area (Å²) < 4.78 is 5.50. The van der Waals surface area contributed by atoms with Crippen LogP contribution in [0, 0.1) is 28.6 Å². The summed E-state index contributed by atoms with van der Waals surface area (Å²) in [6.07, 6.45) is 3.63. The van der Waals surface area contributed by atoms with E-state index >= 15 is 0 Å². The van der Waals surface area contributed by atoms with Crippen LogP contribution in [0.4, 0.5) is 9.59 Å². The number of carbonyl (C=O) groups is 6. The lowest BCUT2D eigenvalue weighted by Crippen LogP contribution is -2.61. The topological polar surface area (TPSA) is 175 Å². The Hall–Kier alpha value is -4.42. The first kappa shape index (κ1) is 42.3. The van der Waals surface area contributed by atoms with E-state index in [0.29, 0.717) is 25.8 Å². The van der Waals surface area contributed by atoms with E-state index in [1.807, 2.05) is 72.7 Å². The fraction of sp³-hybridized carbons (Fsp3) is 0.659. The first-order valence-electron chi connectivity index (χ1n) is 19.3. The lowest BCUT2D eigenvalue weighted by molar-refractivity contribution is -0.144. The smallest absolute Gasteiger partial charge is 0.407 e. The summed E-state index contributed by atoms with van der Waals surface area (Å²) in [6.45, 7) is 21.3. The van der Waals surface area contributed by atoms with E-state index in [1.54, 1.807) is 4.90 Å². The normalized spacial score (nSPS) is 21.7. The van der Waals surface area contributed by atoms with Gasteiger partial charge in [-0.3, -0.25) is 19.2 Å². The number of amides is 6. The lowest BCUT2D eigenvalue weighted by atomic mass is 9.87. The van der Waals surface area contributed by atoms with Gasteiger partial charge in [-0.1, -0.05) is 84.7 Å². The monoisotopic (exact) mass is 750 g/mol. The minimum absolute atomic E-state index is 0.0507. The van der Waals surface area contributed by atoms with E-state index in [0.717, 1.165) is 17.5 Å². The highest BCUT2D eigenvalue weighted by atomic mass is 16.5. The number of alkyl carbamates (subject to hydrolysis) is 1. The number of likely N-dealkylation sites (tertiary alicyclic amines) is 1. The predicted molar refractivity (Wildman–Crippen MR) is 206 cm³/mol. The van der Waals surface area contributed by atoms with Gasteiger partial charge >= 0.3 is 12.1 Å². The van der Waals surface area contributed by atoms with Crippen LogP contribution in [0.2, 0.25) is 0 Å². The molecule has 1 aliphatic heterocycles. The quantitative estimate of drug-likeness (QED) is 0.133. The highest BCUT2D eigenvalue weighted by Gasteiger charge is 2.69. The van der Waals surface area contributed by atoms with Crippen molar-refractivity contribution < 1.29 is 33.5 Å². The van der Waals surface area contributed by atoms with Crippen LogP contribution in [0.25, 0.3) is 0 Å². The molecule has 3 aliphatic rings. The zero-order valence-electron chi connectivity index (χ0n) is 33.6. The van der Waals surface area contributed by atoms with Gasteiger partial charge < -0.3 is 36.2 Å². The maximum absolute atomic E-state index is 14.8. The average Bonchev–Trinajstić information content (AvgIpc) is 3.44. The Morgan fingerprint density at radius 1 is 0.981 bits per heavy atom. The summed E-state index contributed by atoms with van der Waals surface area (Å²) in [5.74, 6) is -2.80. The SMILES string of the molecule is C=CCNC(=O)C(=O)C(CCCC)NC(=O)[C@@H]1[C@@H]2[C@H](CN1C(=O)[C@@H](NC(=O)N[C@H](COC(=O)NC(C)(C)C)C(C)(C)C)C1Cc3ccccc3C1)C2(C)C. The minimum atomic E-state index is -1.05. The van der Waals surface area contributed by atoms with Gasteiger partial charge in [0.05, 0.1) is 12.1 Å². The average molecular weight is 751 g/mol. The maximum Gasteiger partial charge on any atom is 0.407 e. The van der Waals surface area contributed by atoms with Crippen molar-refractivity contribution in [2.75, 3.05) is 19.7 Å². The van der Waals surface area contributed by atoms with Gasteiger partial charge in [-0.25, -0.2) is 9.59 Å². The van der Waals surface area contributed by atoms with Gasteiger partial charge in [0.2, 0.25) is 17.6 Å². The van der Waals surface area contributed by atoms with Crippen molar-refractivity contribution in [3.8, 4) is 0 Å². The highest BCUT2D eigenvalue weighted by molar-refractivity contribution is 6.38. The van der Waals surface area contributed by atoms with Crippen molar-refractivity contribution in [3.63, 3.8) is 0 Å². The highest BCUT2D eigenvalue weighted by Crippen LogP contribution is 2.65. The number of Topliss-reactive ketones (excluding diaryl/α,β-unsaturated/α-hetero) is 1. The van der Waals surface area contributed by atoms with E-state index < -0.39 is 64.8 Å². The van der Waals surface area contributed by atoms with Crippen molar-refractivity contribution in [1.29, 1.82) is 0 Å². The van der Waals surface area contributed by atoms with Crippen LogP contribution in [0.15, 0.2) is 36.9 Å². The van der Waals surface area contributed by atoms with Crippen LogP contribution >= 0.6 is 0 Å². The Morgan fingerprint density at radius 3 is 2.17 bits per heavy atom. The number of hydrogen-bond donors (Lipinski definition) is 5. The van der Waals surface area contributed by atoms with Crippen molar-refractivity contribution in [2.45, 2.75) is 124 Å². The van der Waals surface area contributed by atoms with E-state index in [-0.39, 0.29) is 48.6 Å². The number of unbranched alkanes of at least 4 members (excludes halogenated alkanes) is 1. The van der Waals surface area contributed by atoms with Crippen LogP contribution < -0.4 is 26.6 Å². The molecule has 1 aromatic rings. The molecular weight excluding hydrogens is 688 g/mol. The minimum Gasteiger partial charge on any atom is -0.447 e. The van der Waals surface area contributed by atoms with Gasteiger partial charge in [-0.15, -0.1) is 6.58 Å². The van der Waals surface area contributed by atoms with Crippen molar-refractivity contribution in [1.82, 2.24) is 31.5 Å². The first-order valence-corrected chi connectivity index (χ1v) is 19.3. The van der Waals surface area contributed by atoms with Gasteiger partial charge in [-0.05, 0) is 79.7 Å². The third-order valence-electron chi connectivity index (χ3n) is 11.2. The van der Waals surface area contributed by atoms with Crippen LogP contribution in [-0.2, 0) is 36.8 Å². The summed E-state index contributed by atoms with van der Waals surface area (Å²) in [7, 11) is 0. The Kier molecular flexibility index (Phi) is 13.3. The molecule has 13 heteroatoms. The van der Waals surface area contributed by atoms with Gasteiger partial charge in [0.25, 0.3) is 5.91 Å². The van der Waals surface area contributed by atoms with Crippen molar-refractivity contribution in [2.24, 2.45) is 28.6 Å². The number of piperidine rings is 1. The third-order valence-corrected chi connectivity index (χ3v) is 11.2. The molecule has 2 aliphatic carbocycles. The van der Waals surface area contributed by atoms with Crippen LogP contribution in [-0.4, -0.2) is 89.9 Å². The number of nitrogens with one attached hydrogen (secondary N) is 5. The second-order valence-electron chi connectivity index (χ2n) is 17.9. The van der Waals surface area contributed by atoms with Crippen LogP contribution in [0.1, 0.15) is 92.7 Å². The summed E-state index contributed by atoms with van der Waals surface area (Å²) in [4.78, 5) is 82.9. The molecule has 5 N–H and O–H groups in total. The molecule has 0 spiro atoms. The zero-order valence-corrected chi connectivity index (χ0v) is 33.6. The molecule has 6 amide bonds. The molecule has 1 saturated heterocycles. The standard InChI is InChI=1S/C41H62N6O7/c1-11-13-18-28(33(48)35(50)42-19-12-2)43-34(49)32-30-27(41(30,9)10)22-47(32)36(51)31(26-20-24-16-14-15-17-25(24)21-26)45-37(52)44-29(39(3,4)5)23-54-38(53)46-40(6,7)8/h12,14-17,26-32H,2,11,13,18-23H2,1,3-10H3,(H,42,50)(H,43,49)(H,46,53)(H2,44,45,52)/t27-,28?,29+,30-,31-,32-/m0/s1. The molecule has 0 radical (unpaired) electrons. The number of nitrogens with zero attached hydrogens (tertiary/aromatic N) is 1. The number of urea groups is 1. The largest absolute Gasteiger partial charge is 0.447 e. The molecule has 13 nitrogen and oxygen atoms in total. The number of carbonyl (C=O) groups excluding carboxylic acids is 6. The van der Waals surface area contributed by atoms with Gasteiger partial charge in [0, 0.05) is 18.6 Å². The van der Waals surface area contributed by atoms with Gasteiger partial charge in [0.15, 0.2) is 0 Å². The van der Waals surface area contributed by atoms with Crippen molar-refractivity contribution in [3.05, 3.63) is 48.0 Å². The second-order valence-corrected chi connectivity index (χ2v) is 17.9. The Morgan fingerprint density at radius 2 is 1.61 bits per heavy atom. The predicted octanol–water partition coefficient (Wildman–Crippen LogP) is 4.04. The fourth-order valence-corrected chi connectivity index (χ4v) is 7.90. The van der Waals surface area contributed by atoms with E-state index in [9.17, 15) is 28.8 Å². The molecule has 298 valence electrons. The second kappa shape index (κ2) is 16.9. The van der Waals surface area contributed by atoms with Crippen molar-refractivity contribution >= 4 is 35.6 Å². The number of rotatable bonds is 15. The maximum atomic E-state index is 14.8. The number of ether oxygens (including phenoxy) is 1. The van der Waals surface area contributed by atoms with Crippen LogP contribution in [0.5, 0.6) is 0 Å². The van der Waals surface area contributed by atoms with E-state index in [2.05, 4.69) is 47.0 Å². The zero-order chi connectivity index (χ0) is 40.2. The first-order chi connectivity index (χ1) is 25.2. The molecule has 1 unspecified atom stereocenters. The van der Waals surface area contributed by atoms with E-state index in [4.69, 9.17) is 4.74 Å². The Bertz CT molecular complexity index is 1570. The fourth-order valence-electron chi connectivity index (χ4n) is 7.90. The van der Waals surface area contributed by atoms with Gasteiger partial charge in [-0.2, -0.15) is 0 Å². The van der Waals surface area contributed by atoms with E-state index in [1.165, 1.54) is 6.08 Å². The molecule has 54 heavy (non-hydrogen) atoms. The molecule has 6 atom stereocenters. The summed E-state index contributed by atoms with van der Waals surface area (Å²) in [5.41, 5.74) is 0.964. The molecule has 0 bridgehead atoms. The number of ketones is 1. The molecule has 1 heterocycles. The molecule has 1 aromatic carbocycles. The lowest BCUT2D eigenvalue weighted by Gasteiger charge is -2.36. The molecule has 4 rings (SSSR count). The number of fused-ring (bicyclic) bond motifs is 2. The number of hydrogen-bond acceptors (Lipinski definition) is 7. The molecule has 1 saturated carbocycles. The summed E-state index contributed by atoms with van der Waals surface area (Å²) in [6, 6.07) is 3.83. The third kappa shape index (κ3) is 10.2. The summed E-state index contributed by atoms with van der Waals surface area (Å²) in [5, 5.41) is 14.1. The molecule has 2 fully saturated rings. The molecular formula is C41H62N6O7. The van der Waals surface area contributed by atoms with Gasteiger partial charge in [0.1, 0.15) is 18.7 Å².